The van der Waals surface area contributed by atoms with Crippen molar-refractivity contribution in [3.05, 3.63) is 0 Å². The van der Waals surface area contributed by atoms with Crippen LogP contribution in [-0.2, 0) is 14.6 Å². The van der Waals surface area contributed by atoms with Gasteiger partial charge in [0, 0.05) is 19.0 Å². The summed E-state index contributed by atoms with van der Waals surface area (Å²) in [6.07, 6.45) is 1.78. The predicted molar refractivity (Wildman–Crippen MR) is 78.5 cm³/mol. The van der Waals surface area contributed by atoms with Crippen molar-refractivity contribution in [2.45, 2.75) is 37.1 Å². The third-order valence-electron chi connectivity index (χ3n) is 3.05. The molecule has 9 heteroatoms. The first-order valence-corrected chi connectivity index (χ1v) is 8.87. The first-order valence-electron chi connectivity index (χ1n) is 6.45. The van der Waals surface area contributed by atoms with Gasteiger partial charge in [-0.1, -0.05) is 6.92 Å². The molecule has 0 saturated carbocycles. The lowest BCUT2D eigenvalue weighted by Gasteiger charge is -2.12. The molecule has 0 aliphatic carbocycles. The van der Waals surface area contributed by atoms with Crippen LogP contribution in [-0.4, -0.2) is 37.0 Å². The Bertz CT molecular complexity index is 597. The number of anilines is 2. The smallest absolute Gasteiger partial charge is 0.220 e. The van der Waals surface area contributed by atoms with Crippen LogP contribution in [0.2, 0.25) is 0 Å². The zero-order valence-corrected chi connectivity index (χ0v) is 12.8. The molecular formula is C11H18N4O3S2. The SMILES string of the molecule is CCCS(=O)(=O)c1c(N)nsc1NCC1CCC(=O)N1. The van der Waals surface area contributed by atoms with Crippen LogP contribution in [0.3, 0.4) is 0 Å². The Labute approximate surface area is 122 Å². The molecule has 1 amide bonds. The van der Waals surface area contributed by atoms with Crippen molar-refractivity contribution >= 4 is 38.1 Å². The molecule has 2 heterocycles. The van der Waals surface area contributed by atoms with E-state index in [4.69, 9.17) is 5.73 Å². The lowest BCUT2D eigenvalue weighted by molar-refractivity contribution is -0.119. The summed E-state index contributed by atoms with van der Waals surface area (Å²) in [5, 5.41) is 6.32. The van der Waals surface area contributed by atoms with Gasteiger partial charge in [-0.05, 0) is 24.4 Å². The summed E-state index contributed by atoms with van der Waals surface area (Å²) in [5.74, 6) is 0.116. The number of nitrogen functional groups attached to an aromatic ring is 1. The van der Waals surface area contributed by atoms with Gasteiger partial charge < -0.3 is 16.4 Å². The number of hydrogen-bond donors (Lipinski definition) is 3. The van der Waals surface area contributed by atoms with E-state index in [0.717, 1.165) is 18.0 Å². The van der Waals surface area contributed by atoms with Crippen molar-refractivity contribution in [1.29, 1.82) is 0 Å². The van der Waals surface area contributed by atoms with E-state index in [-0.39, 0.29) is 28.4 Å². The average Bonchev–Trinajstić information content (AvgIpc) is 2.93. The Morgan fingerprint density at radius 2 is 2.30 bits per heavy atom. The molecular weight excluding hydrogens is 300 g/mol. The molecule has 1 aromatic rings. The molecule has 112 valence electrons. The molecule has 0 radical (unpaired) electrons. The zero-order chi connectivity index (χ0) is 14.8. The van der Waals surface area contributed by atoms with E-state index >= 15 is 0 Å². The van der Waals surface area contributed by atoms with Gasteiger partial charge in [0.15, 0.2) is 15.7 Å². The highest BCUT2D eigenvalue weighted by molar-refractivity contribution is 7.91. The summed E-state index contributed by atoms with van der Waals surface area (Å²) < 4.78 is 28.2. The lowest BCUT2D eigenvalue weighted by atomic mass is 10.2. The van der Waals surface area contributed by atoms with Crippen LogP contribution >= 0.6 is 11.5 Å². The fraction of sp³-hybridized carbons (Fsp3) is 0.636. The van der Waals surface area contributed by atoms with Gasteiger partial charge in [0.05, 0.1) is 5.75 Å². The first-order chi connectivity index (χ1) is 9.44. The zero-order valence-electron chi connectivity index (χ0n) is 11.2. The molecule has 0 aromatic carbocycles. The molecule has 1 aromatic heterocycles. The predicted octanol–water partition coefficient (Wildman–Crippen LogP) is 0.599. The highest BCUT2D eigenvalue weighted by Gasteiger charge is 2.26. The van der Waals surface area contributed by atoms with Gasteiger partial charge in [0.1, 0.15) is 9.90 Å². The molecule has 0 spiro atoms. The number of hydrogen-bond acceptors (Lipinski definition) is 7. The van der Waals surface area contributed by atoms with Crippen LogP contribution in [0.15, 0.2) is 4.90 Å². The van der Waals surface area contributed by atoms with Crippen molar-refractivity contribution < 1.29 is 13.2 Å². The number of carbonyl (C=O) groups excluding carboxylic acids is 1. The fourth-order valence-electron chi connectivity index (χ4n) is 2.12. The number of carbonyl (C=O) groups is 1. The van der Waals surface area contributed by atoms with Crippen LogP contribution in [0.5, 0.6) is 0 Å². The number of nitrogens with two attached hydrogens (primary N) is 1. The maximum absolute atomic E-state index is 12.2. The van der Waals surface area contributed by atoms with Crippen molar-refractivity contribution in [3.63, 3.8) is 0 Å². The minimum Gasteiger partial charge on any atom is -0.382 e. The molecule has 1 aliphatic heterocycles. The van der Waals surface area contributed by atoms with E-state index in [9.17, 15) is 13.2 Å². The summed E-state index contributed by atoms with van der Waals surface area (Å²) in [6, 6.07) is 0.0209. The van der Waals surface area contributed by atoms with Crippen LogP contribution < -0.4 is 16.4 Å². The quantitative estimate of drug-likeness (QED) is 0.707. The second-order valence-corrected chi connectivity index (χ2v) is 7.55. The van der Waals surface area contributed by atoms with E-state index in [0.29, 0.717) is 24.4 Å². The summed E-state index contributed by atoms with van der Waals surface area (Å²) in [5.41, 5.74) is 5.67. The maximum Gasteiger partial charge on any atom is 0.220 e. The van der Waals surface area contributed by atoms with Crippen LogP contribution in [0, 0.1) is 0 Å². The number of sulfone groups is 1. The third kappa shape index (κ3) is 3.21. The van der Waals surface area contributed by atoms with Gasteiger partial charge in [-0.25, -0.2) is 8.42 Å². The standard InChI is InChI=1S/C11H18N4O3S2/c1-2-5-20(17,18)9-10(12)15-19-11(9)13-6-7-3-4-8(16)14-7/h7,13H,2-6H2,1H3,(H2,12,15)(H,14,16). The number of aromatic nitrogens is 1. The van der Waals surface area contributed by atoms with Crippen molar-refractivity contribution in [2.75, 3.05) is 23.3 Å². The summed E-state index contributed by atoms with van der Waals surface area (Å²) in [4.78, 5) is 11.2. The Morgan fingerprint density at radius 3 is 2.90 bits per heavy atom. The molecule has 1 fully saturated rings. The van der Waals surface area contributed by atoms with Gasteiger partial charge in [-0.15, -0.1) is 0 Å². The molecule has 7 nitrogen and oxygen atoms in total. The fourth-order valence-corrected chi connectivity index (χ4v) is 4.75. The van der Waals surface area contributed by atoms with E-state index in [1.807, 2.05) is 0 Å². The highest BCUT2D eigenvalue weighted by Crippen LogP contribution is 2.32. The number of amides is 1. The Kier molecular flexibility index (Phi) is 4.48. The van der Waals surface area contributed by atoms with Crippen molar-refractivity contribution in [3.8, 4) is 0 Å². The summed E-state index contributed by atoms with van der Waals surface area (Å²) in [7, 11) is -3.41. The average molecular weight is 318 g/mol. The third-order valence-corrected chi connectivity index (χ3v) is 5.98. The minimum atomic E-state index is -3.41. The molecule has 1 atom stereocenters. The second-order valence-electron chi connectivity index (χ2n) is 4.73. The Balaban J connectivity index is 2.11. The number of nitrogens with one attached hydrogen (secondary N) is 2. The molecule has 1 aliphatic rings. The normalized spacial score (nSPS) is 19.1. The molecule has 1 saturated heterocycles. The molecule has 2 rings (SSSR count). The Hall–Kier alpha value is -1.35. The van der Waals surface area contributed by atoms with Gasteiger partial charge in [0.2, 0.25) is 5.91 Å². The second kappa shape index (κ2) is 5.96. The van der Waals surface area contributed by atoms with E-state index < -0.39 is 9.84 Å². The monoisotopic (exact) mass is 318 g/mol. The first kappa shape index (κ1) is 15.0. The summed E-state index contributed by atoms with van der Waals surface area (Å²) >= 11 is 1.04. The molecule has 20 heavy (non-hydrogen) atoms. The van der Waals surface area contributed by atoms with Crippen LogP contribution in [0.4, 0.5) is 10.8 Å². The van der Waals surface area contributed by atoms with E-state index in [1.54, 1.807) is 6.92 Å². The largest absolute Gasteiger partial charge is 0.382 e. The number of nitrogens with zero attached hydrogens (tertiary/aromatic N) is 1. The van der Waals surface area contributed by atoms with Crippen molar-refractivity contribution in [1.82, 2.24) is 9.69 Å². The van der Waals surface area contributed by atoms with Gasteiger partial charge in [-0.3, -0.25) is 4.79 Å². The minimum absolute atomic E-state index is 0.0209. The molecule has 0 bridgehead atoms. The Morgan fingerprint density at radius 1 is 1.55 bits per heavy atom. The topological polar surface area (TPSA) is 114 Å². The van der Waals surface area contributed by atoms with E-state index in [1.165, 1.54) is 0 Å². The van der Waals surface area contributed by atoms with E-state index in [2.05, 4.69) is 15.0 Å². The molecule has 1 unspecified atom stereocenters. The lowest BCUT2D eigenvalue weighted by Crippen LogP contribution is -2.31. The molecule has 4 N–H and O–H groups in total. The highest BCUT2D eigenvalue weighted by atomic mass is 32.2. The van der Waals surface area contributed by atoms with Crippen molar-refractivity contribution in [2.24, 2.45) is 0 Å². The van der Waals surface area contributed by atoms with Gasteiger partial charge in [-0.2, -0.15) is 4.37 Å². The maximum atomic E-state index is 12.2. The van der Waals surface area contributed by atoms with Crippen LogP contribution in [0.25, 0.3) is 0 Å². The van der Waals surface area contributed by atoms with Gasteiger partial charge >= 0.3 is 0 Å². The number of rotatable bonds is 6. The van der Waals surface area contributed by atoms with Gasteiger partial charge in [0.25, 0.3) is 0 Å². The summed E-state index contributed by atoms with van der Waals surface area (Å²) in [6.45, 7) is 2.27. The van der Waals surface area contributed by atoms with Crippen LogP contribution in [0.1, 0.15) is 26.2 Å².